The van der Waals surface area contributed by atoms with Crippen LogP contribution in [0, 0.1) is 12.8 Å². The first-order valence-electron chi connectivity index (χ1n) is 9.79. The van der Waals surface area contributed by atoms with Crippen LogP contribution in [-0.4, -0.2) is 37.0 Å². The number of carbonyl (C=O) groups excluding carboxylic acids is 3. The van der Waals surface area contributed by atoms with Crippen molar-refractivity contribution in [2.45, 2.75) is 33.2 Å². The van der Waals surface area contributed by atoms with Gasteiger partial charge in [-0.25, -0.2) is 4.79 Å². The highest BCUT2D eigenvalue weighted by molar-refractivity contribution is 5.99. The average Bonchev–Trinajstić information content (AvgIpc) is 3.14. The number of fused-ring (bicyclic) bond motifs is 1. The Morgan fingerprint density at radius 1 is 1.07 bits per heavy atom. The van der Waals surface area contributed by atoms with Crippen molar-refractivity contribution in [2.24, 2.45) is 5.92 Å². The lowest BCUT2D eigenvalue weighted by Crippen LogP contribution is -2.46. The number of anilines is 1. The minimum absolute atomic E-state index is 0.181. The molecular weight excluding hydrogens is 368 g/mol. The zero-order valence-electron chi connectivity index (χ0n) is 17.0. The van der Waals surface area contributed by atoms with Crippen LogP contribution in [0.5, 0.6) is 0 Å². The molecule has 1 N–H and O–H groups in total. The molecule has 0 saturated heterocycles. The summed E-state index contributed by atoms with van der Waals surface area (Å²) in [5.41, 5.74) is 3.49. The first-order valence-corrected chi connectivity index (χ1v) is 9.79. The van der Waals surface area contributed by atoms with E-state index in [4.69, 9.17) is 4.74 Å². The van der Waals surface area contributed by atoms with E-state index in [1.54, 1.807) is 17.0 Å². The van der Waals surface area contributed by atoms with Gasteiger partial charge in [0.2, 0.25) is 0 Å². The fourth-order valence-electron chi connectivity index (χ4n) is 3.33. The molecule has 3 rings (SSSR count). The summed E-state index contributed by atoms with van der Waals surface area (Å²) in [6.45, 7) is 5.80. The minimum atomic E-state index is -0.831. The molecular formula is C23H26N2O4. The Morgan fingerprint density at radius 3 is 2.45 bits per heavy atom. The number of amides is 2. The Hall–Kier alpha value is -3.15. The van der Waals surface area contributed by atoms with E-state index in [-0.39, 0.29) is 24.3 Å². The Morgan fingerprint density at radius 2 is 1.76 bits per heavy atom. The molecule has 0 bridgehead atoms. The lowest BCUT2D eigenvalue weighted by atomic mass is 10.0. The maximum absolute atomic E-state index is 12.6. The summed E-state index contributed by atoms with van der Waals surface area (Å²) in [5.74, 6) is -1.41. The van der Waals surface area contributed by atoms with E-state index in [9.17, 15) is 14.4 Å². The van der Waals surface area contributed by atoms with Gasteiger partial charge in [0.25, 0.3) is 11.8 Å². The SMILES string of the molecule is Cc1ccc(C(=O)N[C@H](C(=O)OCC(=O)N2CCc3ccccc32)C(C)C)cc1. The number of ether oxygens (including phenoxy) is 1. The molecule has 1 aliphatic heterocycles. The smallest absolute Gasteiger partial charge is 0.329 e. The monoisotopic (exact) mass is 394 g/mol. The topological polar surface area (TPSA) is 75.7 Å². The summed E-state index contributed by atoms with van der Waals surface area (Å²) in [6.07, 6.45) is 0.789. The predicted octanol–water partition coefficient (Wildman–Crippen LogP) is 2.88. The van der Waals surface area contributed by atoms with E-state index in [2.05, 4.69) is 5.32 Å². The number of nitrogens with zero attached hydrogens (tertiary/aromatic N) is 1. The summed E-state index contributed by atoms with van der Waals surface area (Å²) in [5, 5.41) is 2.72. The summed E-state index contributed by atoms with van der Waals surface area (Å²) in [4.78, 5) is 39.2. The van der Waals surface area contributed by atoms with Gasteiger partial charge in [0.05, 0.1) is 0 Å². The minimum Gasteiger partial charge on any atom is -0.454 e. The highest BCUT2D eigenvalue weighted by Gasteiger charge is 2.29. The Bertz CT molecular complexity index is 905. The van der Waals surface area contributed by atoms with E-state index in [0.29, 0.717) is 12.1 Å². The fourth-order valence-corrected chi connectivity index (χ4v) is 3.33. The molecule has 2 amide bonds. The van der Waals surface area contributed by atoms with Crippen molar-refractivity contribution < 1.29 is 19.1 Å². The van der Waals surface area contributed by atoms with E-state index in [1.165, 1.54) is 0 Å². The van der Waals surface area contributed by atoms with Crippen LogP contribution in [0.1, 0.15) is 35.3 Å². The van der Waals surface area contributed by atoms with Gasteiger partial charge in [0.1, 0.15) is 6.04 Å². The van der Waals surface area contributed by atoms with Gasteiger partial charge in [-0.15, -0.1) is 0 Å². The van der Waals surface area contributed by atoms with Gasteiger partial charge in [-0.2, -0.15) is 0 Å². The van der Waals surface area contributed by atoms with E-state index in [1.807, 2.05) is 57.2 Å². The largest absolute Gasteiger partial charge is 0.454 e. The number of nitrogens with one attached hydrogen (secondary N) is 1. The van der Waals surface area contributed by atoms with Gasteiger partial charge in [-0.1, -0.05) is 49.7 Å². The summed E-state index contributed by atoms with van der Waals surface area (Å²) in [7, 11) is 0. The number of aryl methyl sites for hydroxylation is 1. The van der Waals surface area contributed by atoms with Crippen LogP contribution in [0.2, 0.25) is 0 Å². The van der Waals surface area contributed by atoms with Crippen LogP contribution >= 0.6 is 0 Å². The Labute approximate surface area is 170 Å². The van der Waals surface area contributed by atoms with Gasteiger partial charge in [0.15, 0.2) is 6.61 Å². The van der Waals surface area contributed by atoms with Crippen molar-refractivity contribution in [3.05, 3.63) is 65.2 Å². The maximum Gasteiger partial charge on any atom is 0.329 e. The van der Waals surface area contributed by atoms with Crippen molar-refractivity contribution in [2.75, 3.05) is 18.1 Å². The molecule has 2 aromatic rings. The molecule has 0 aromatic heterocycles. The first kappa shape index (κ1) is 20.6. The zero-order chi connectivity index (χ0) is 21.0. The van der Waals surface area contributed by atoms with Crippen LogP contribution in [-0.2, 0) is 20.7 Å². The predicted molar refractivity (Wildman–Crippen MR) is 111 cm³/mol. The first-order chi connectivity index (χ1) is 13.9. The number of hydrogen-bond acceptors (Lipinski definition) is 4. The molecule has 1 atom stereocenters. The number of carbonyl (C=O) groups is 3. The molecule has 0 unspecified atom stereocenters. The van der Waals surface area contributed by atoms with Gasteiger partial charge in [-0.3, -0.25) is 9.59 Å². The molecule has 152 valence electrons. The normalized spacial score (nSPS) is 13.7. The number of esters is 1. The van der Waals surface area contributed by atoms with Gasteiger partial charge < -0.3 is 15.0 Å². The van der Waals surface area contributed by atoms with Crippen LogP contribution < -0.4 is 10.2 Å². The van der Waals surface area contributed by atoms with Gasteiger partial charge in [0, 0.05) is 17.8 Å². The molecule has 1 heterocycles. The highest BCUT2D eigenvalue weighted by atomic mass is 16.5. The third-order valence-electron chi connectivity index (χ3n) is 5.05. The fraction of sp³-hybridized carbons (Fsp3) is 0.348. The molecule has 0 radical (unpaired) electrons. The molecule has 6 heteroatoms. The van der Waals surface area contributed by atoms with E-state index >= 15 is 0 Å². The summed E-state index contributed by atoms with van der Waals surface area (Å²) < 4.78 is 5.27. The second-order valence-electron chi connectivity index (χ2n) is 7.59. The molecule has 0 spiro atoms. The maximum atomic E-state index is 12.6. The summed E-state index contributed by atoms with van der Waals surface area (Å²) in [6, 6.07) is 14.0. The zero-order valence-corrected chi connectivity index (χ0v) is 17.0. The number of hydrogen-bond donors (Lipinski definition) is 1. The van der Waals surface area contributed by atoms with E-state index in [0.717, 1.165) is 23.2 Å². The van der Waals surface area contributed by atoms with Crippen LogP contribution in [0.15, 0.2) is 48.5 Å². The lowest BCUT2D eigenvalue weighted by molar-refractivity contribution is -0.150. The summed E-state index contributed by atoms with van der Waals surface area (Å²) >= 11 is 0. The molecule has 0 saturated carbocycles. The van der Waals surface area contributed by atoms with Gasteiger partial charge >= 0.3 is 5.97 Å². The van der Waals surface area contributed by atoms with E-state index < -0.39 is 12.0 Å². The molecule has 2 aromatic carbocycles. The van der Waals surface area contributed by atoms with Crippen LogP contribution in [0.25, 0.3) is 0 Å². The van der Waals surface area contributed by atoms with Crippen molar-refractivity contribution in [3.8, 4) is 0 Å². The number of benzene rings is 2. The second kappa shape index (κ2) is 8.90. The highest BCUT2D eigenvalue weighted by Crippen LogP contribution is 2.27. The second-order valence-corrected chi connectivity index (χ2v) is 7.59. The molecule has 0 fully saturated rings. The third-order valence-corrected chi connectivity index (χ3v) is 5.05. The quantitative estimate of drug-likeness (QED) is 0.765. The van der Waals surface area contributed by atoms with Crippen molar-refractivity contribution in [1.29, 1.82) is 0 Å². The number of para-hydroxylation sites is 1. The standard InChI is InChI=1S/C23H26N2O4/c1-15(2)21(24-22(27)18-10-8-16(3)9-11-18)23(28)29-14-20(26)25-13-12-17-6-4-5-7-19(17)25/h4-11,15,21H,12-14H2,1-3H3,(H,24,27)/t21-/m0/s1. The van der Waals surface area contributed by atoms with Crippen molar-refractivity contribution >= 4 is 23.5 Å². The molecule has 0 aliphatic carbocycles. The average molecular weight is 394 g/mol. The third kappa shape index (κ3) is 4.83. The van der Waals surface area contributed by atoms with Gasteiger partial charge in [-0.05, 0) is 43.0 Å². The Kier molecular flexibility index (Phi) is 6.32. The molecule has 29 heavy (non-hydrogen) atoms. The molecule has 6 nitrogen and oxygen atoms in total. The Balaban J connectivity index is 1.59. The van der Waals surface area contributed by atoms with Crippen LogP contribution in [0.3, 0.4) is 0 Å². The number of rotatable bonds is 6. The van der Waals surface area contributed by atoms with Crippen molar-refractivity contribution in [3.63, 3.8) is 0 Å². The molecule has 1 aliphatic rings. The van der Waals surface area contributed by atoms with Crippen molar-refractivity contribution in [1.82, 2.24) is 5.32 Å². The van der Waals surface area contributed by atoms with Crippen LogP contribution in [0.4, 0.5) is 5.69 Å². The lowest BCUT2D eigenvalue weighted by Gasteiger charge is -2.22.